The average Bonchev–Trinajstić information content (AvgIpc) is 2.42. The summed E-state index contributed by atoms with van der Waals surface area (Å²) >= 11 is 8.62. The third kappa shape index (κ3) is 3.29. The van der Waals surface area contributed by atoms with Crippen molar-refractivity contribution in [2.24, 2.45) is 5.73 Å². The van der Waals surface area contributed by atoms with Crippen molar-refractivity contribution in [1.29, 1.82) is 0 Å². The van der Waals surface area contributed by atoms with Gasteiger partial charge in [0.15, 0.2) is 0 Å². The molecule has 0 saturated heterocycles. The van der Waals surface area contributed by atoms with Crippen molar-refractivity contribution in [3.63, 3.8) is 0 Å². The average molecular weight is 351 g/mol. The SMILES string of the molecule is COc1ccc(Br)c(Nc2ccc(C)cc2C(N)=S)c1. The largest absolute Gasteiger partial charge is 0.497 e. The van der Waals surface area contributed by atoms with E-state index in [0.29, 0.717) is 4.99 Å². The molecule has 2 rings (SSSR count). The lowest BCUT2D eigenvalue weighted by Crippen LogP contribution is -2.12. The van der Waals surface area contributed by atoms with Gasteiger partial charge in [-0.2, -0.15) is 0 Å². The van der Waals surface area contributed by atoms with Crippen molar-refractivity contribution in [2.45, 2.75) is 6.92 Å². The Labute approximate surface area is 132 Å². The van der Waals surface area contributed by atoms with Crippen LogP contribution in [0.4, 0.5) is 11.4 Å². The van der Waals surface area contributed by atoms with Crippen molar-refractivity contribution < 1.29 is 4.74 Å². The molecule has 0 fully saturated rings. The molecule has 0 atom stereocenters. The number of rotatable bonds is 4. The van der Waals surface area contributed by atoms with Crippen LogP contribution in [0, 0.1) is 6.92 Å². The summed E-state index contributed by atoms with van der Waals surface area (Å²) in [4.78, 5) is 0.371. The van der Waals surface area contributed by atoms with Crippen LogP contribution in [0.3, 0.4) is 0 Å². The molecule has 0 saturated carbocycles. The van der Waals surface area contributed by atoms with Gasteiger partial charge in [0.1, 0.15) is 10.7 Å². The first-order chi connectivity index (χ1) is 9.51. The van der Waals surface area contributed by atoms with E-state index in [1.54, 1.807) is 7.11 Å². The number of anilines is 2. The van der Waals surface area contributed by atoms with E-state index in [1.807, 2.05) is 43.3 Å². The number of methoxy groups -OCH3 is 1. The molecule has 0 aliphatic heterocycles. The standard InChI is InChI=1S/C15H15BrN2OS/c1-9-3-6-13(11(7-9)15(17)20)18-14-8-10(19-2)4-5-12(14)16/h3-8,18H,1-2H3,(H2,17,20). The lowest BCUT2D eigenvalue weighted by molar-refractivity contribution is 0.415. The summed E-state index contributed by atoms with van der Waals surface area (Å²) in [6.45, 7) is 2.01. The van der Waals surface area contributed by atoms with Gasteiger partial charge in [-0.25, -0.2) is 0 Å². The van der Waals surface area contributed by atoms with E-state index >= 15 is 0 Å². The molecule has 2 aromatic carbocycles. The zero-order chi connectivity index (χ0) is 14.7. The van der Waals surface area contributed by atoms with Crippen LogP contribution < -0.4 is 15.8 Å². The van der Waals surface area contributed by atoms with E-state index in [4.69, 9.17) is 22.7 Å². The molecule has 0 heterocycles. The summed E-state index contributed by atoms with van der Waals surface area (Å²) in [5.41, 5.74) is 9.50. The highest BCUT2D eigenvalue weighted by Gasteiger charge is 2.08. The fourth-order valence-electron chi connectivity index (χ4n) is 1.84. The monoisotopic (exact) mass is 350 g/mol. The van der Waals surface area contributed by atoms with Gasteiger partial charge < -0.3 is 15.8 Å². The predicted molar refractivity (Wildman–Crippen MR) is 91.0 cm³/mol. The van der Waals surface area contributed by atoms with Crippen LogP contribution in [-0.4, -0.2) is 12.1 Å². The van der Waals surface area contributed by atoms with Crippen LogP contribution in [0.5, 0.6) is 5.75 Å². The minimum atomic E-state index is 0.371. The van der Waals surface area contributed by atoms with Gasteiger partial charge in [0.2, 0.25) is 0 Å². The van der Waals surface area contributed by atoms with E-state index in [0.717, 1.165) is 32.7 Å². The Kier molecular flexibility index (Phi) is 4.62. The lowest BCUT2D eigenvalue weighted by Gasteiger charge is -2.14. The molecule has 0 aliphatic carbocycles. The Hall–Kier alpha value is -1.59. The molecule has 0 spiro atoms. The van der Waals surface area contributed by atoms with Gasteiger partial charge in [0, 0.05) is 21.8 Å². The van der Waals surface area contributed by atoms with Crippen LogP contribution in [0.25, 0.3) is 0 Å². The topological polar surface area (TPSA) is 47.3 Å². The smallest absolute Gasteiger partial charge is 0.121 e. The number of hydrogen-bond acceptors (Lipinski definition) is 3. The Morgan fingerprint density at radius 2 is 1.95 bits per heavy atom. The van der Waals surface area contributed by atoms with Crippen LogP contribution in [0.15, 0.2) is 40.9 Å². The highest BCUT2D eigenvalue weighted by molar-refractivity contribution is 9.10. The van der Waals surface area contributed by atoms with Gasteiger partial charge in [-0.15, -0.1) is 0 Å². The number of hydrogen-bond donors (Lipinski definition) is 2. The second-order valence-corrected chi connectivity index (χ2v) is 5.68. The van der Waals surface area contributed by atoms with Crippen molar-refractivity contribution >= 4 is 44.5 Å². The second kappa shape index (κ2) is 6.24. The quantitative estimate of drug-likeness (QED) is 0.813. The van der Waals surface area contributed by atoms with Crippen molar-refractivity contribution in [3.05, 3.63) is 52.0 Å². The number of halogens is 1. The molecule has 0 bridgehead atoms. The maximum atomic E-state index is 5.79. The number of aryl methyl sites for hydroxylation is 1. The third-order valence-corrected chi connectivity index (χ3v) is 3.79. The van der Waals surface area contributed by atoms with E-state index < -0.39 is 0 Å². The first-order valence-electron chi connectivity index (χ1n) is 6.02. The van der Waals surface area contributed by atoms with E-state index in [-0.39, 0.29) is 0 Å². The summed E-state index contributed by atoms with van der Waals surface area (Å²) < 4.78 is 6.17. The van der Waals surface area contributed by atoms with Crippen molar-refractivity contribution in [3.8, 4) is 5.75 Å². The Morgan fingerprint density at radius 1 is 1.20 bits per heavy atom. The van der Waals surface area contributed by atoms with Crippen LogP contribution in [0.2, 0.25) is 0 Å². The highest BCUT2D eigenvalue weighted by atomic mass is 79.9. The molecule has 0 amide bonds. The maximum Gasteiger partial charge on any atom is 0.121 e. The molecule has 0 aliphatic rings. The second-order valence-electron chi connectivity index (χ2n) is 4.38. The van der Waals surface area contributed by atoms with Crippen LogP contribution in [0.1, 0.15) is 11.1 Å². The number of benzene rings is 2. The van der Waals surface area contributed by atoms with Gasteiger partial charge in [-0.05, 0) is 47.1 Å². The normalized spacial score (nSPS) is 10.2. The first kappa shape index (κ1) is 14.8. The minimum absolute atomic E-state index is 0.371. The number of thiocarbonyl (C=S) groups is 1. The molecule has 20 heavy (non-hydrogen) atoms. The zero-order valence-corrected chi connectivity index (χ0v) is 13.6. The molecular weight excluding hydrogens is 336 g/mol. The third-order valence-electron chi connectivity index (χ3n) is 2.88. The Morgan fingerprint density at radius 3 is 2.60 bits per heavy atom. The van der Waals surface area contributed by atoms with Gasteiger partial charge in [-0.3, -0.25) is 0 Å². The molecule has 3 N–H and O–H groups in total. The Bertz CT molecular complexity index is 658. The summed E-state index contributed by atoms with van der Waals surface area (Å²) in [7, 11) is 1.64. The molecule has 0 unspecified atom stereocenters. The van der Waals surface area contributed by atoms with E-state index in [2.05, 4.69) is 21.2 Å². The van der Waals surface area contributed by atoms with E-state index in [1.165, 1.54) is 0 Å². The molecule has 0 aromatic heterocycles. The van der Waals surface area contributed by atoms with Gasteiger partial charge in [-0.1, -0.05) is 23.8 Å². The number of nitrogens with one attached hydrogen (secondary N) is 1. The zero-order valence-electron chi connectivity index (χ0n) is 11.2. The maximum absolute atomic E-state index is 5.79. The van der Waals surface area contributed by atoms with Crippen LogP contribution >= 0.6 is 28.1 Å². The van der Waals surface area contributed by atoms with Gasteiger partial charge in [0.05, 0.1) is 12.8 Å². The van der Waals surface area contributed by atoms with Crippen molar-refractivity contribution in [2.75, 3.05) is 12.4 Å². The Balaban J connectivity index is 2.42. The molecule has 2 aromatic rings. The minimum Gasteiger partial charge on any atom is -0.497 e. The predicted octanol–water partition coefficient (Wildman–Crippen LogP) is 4.14. The fourth-order valence-corrected chi connectivity index (χ4v) is 2.36. The molecule has 3 nitrogen and oxygen atoms in total. The van der Waals surface area contributed by atoms with Gasteiger partial charge in [0.25, 0.3) is 0 Å². The summed E-state index contributed by atoms with van der Waals surface area (Å²) in [5.74, 6) is 0.777. The van der Waals surface area contributed by atoms with Crippen LogP contribution in [-0.2, 0) is 0 Å². The summed E-state index contributed by atoms with van der Waals surface area (Å²) in [5, 5.41) is 3.33. The fraction of sp³-hybridized carbons (Fsp3) is 0.133. The number of nitrogens with two attached hydrogens (primary N) is 1. The first-order valence-corrected chi connectivity index (χ1v) is 7.22. The molecular formula is C15H15BrN2OS. The molecule has 0 radical (unpaired) electrons. The molecule has 5 heteroatoms. The van der Waals surface area contributed by atoms with Crippen molar-refractivity contribution in [1.82, 2.24) is 0 Å². The lowest BCUT2D eigenvalue weighted by atomic mass is 10.1. The van der Waals surface area contributed by atoms with E-state index in [9.17, 15) is 0 Å². The molecule has 104 valence electrons. The summed E-state index contributed by atoms with van der Waals surface area (Å²) in [6.07, 6.45) is 0. The summed E-state index contributed by atoms with van der Waals surface area (Å²) in [6, 6.07) is 11.7. The number of ether oxygens (including phenoxy) is 1. The van der Waals surface area contributed by atoms with Gasteiger partial charge >= 0.3 is 0 Å². The highest BCUT2D eigenvalue weighted by Crippen LogP contribution is 2.31.